The Hall–Kier alpha value is -2.78. The molecule has 0 saturated carbocycles. The van der Waals surface area contributed by atoms with Crippen molar-refractivity contribution >= 4 is 28.8 Å². The smallest absolute Gasteiger partial charge is 0.226 e. The highest BCUT2D eigenvalue weighted by Crippen LogP contribution is 2.16. The fourth-order valence-corrected chi connectivity index (χ4v) is 2.58. The van der Waals surface area contributed by atoms with Crippen LogP contribution in [0, 0.1) is 11.8 Å². The lowest BCUT2D eigenvalue weighted by atomic mass is 10.3. The normalized spacial score (nSPS) is 9.54. The van der Waals surface area contributed by atoms with E-state index in [1.165, 1.54) is 6.92 Å². The second-order valence-corrected chi connectivity index (χ2v) is 5.92. The molecule has 2 aromatic rings. The maximum atomic E-state index is 11.7. The van der Waals surface area contributed by atoms with Gasteiger partial charge >= 0.3 is 0 Å². The lowest BCUT2D eigenvalue weighted by molar-refractivity contribution is -0.120. The minimum atomic E-state index is -0.134. The van der Waals surface area contributed by atoms with Crippen LogP contribution in [0.5, 0.6) is 5.75 Å². The predicted octanol–water partition coefficient (Wildman–Crippen LogP) is 2.45. The number of carbonyl (C=O) groups excluding carboxylic acids is 2. The molecule has 0 radical (unpaired) electrons. The van der Waals surface area contributed by atoms with Gasteiger partial charge in [0, 0.05) is 23.6 Å². The summed E-state index contributed by atoms with van der Waals surface area (Å²) in [7, 11) is 0. The topological polar surface area (TPSA) is 67.4 Å². The Morgan fingerprint density at radius 2 is 2.08 bits per heavy atom. The van der Waals surface area contributed by atoms with Gasteiger partial charge in [-0.25, -0.2) is 0 Å². The van der Waals surface area contributed by atoms with Crippen molar-refractivity contribution < 1.29 is 14.3 Å². The lowest BCUT2D eigenvalue weighted by Crippen LogP contribution is -2.25. The van der Waals surface area contributed by atoms with E-state index in [1.54, 1.807) is 35.6 Å². The van der Waals surface area contributed by atoms with E-state index < -0.39 is 0 Å². The first-order chi connectivity index (χ1) is 11.6. The van der Waals surface area contributed by atoms with E-state index in [4.69, 9.17) is 4.74 Å². The number of amides is 2. The molecule has 1 aromatic carbocycles. The summed E-state index contributed by atoms with van der Waals surface area (Å²) in [5.41, 5.74) is 0.675. The first kappa shape index (κ1) is 17.6. The van der Waals surface area contributed by atoms with Crippen LogP contribution in [0.1, 0.15) is 11.8 Å². The van der Waals surface area contributed by atoms with Crippen molar-refractivity contribution in [1.82, 2.24) is 5.32 Å². The summed E-state index contributed by atoms with van der Waals surface area (Å²) >= 11 is 1.56. The van der Waals surface area contributed by atoms with Gasteiger partial charge in [0.2, 0.25) is 11.8 Å². The molecular weight excluding hydrogens is 324 g/mol. The molecule has 24 heavy (non-hydrogen) atoms. The molecule has 0 saturated heterocycles. The van der Waals surface area contributed by atoms with Crippen molar-refractivity contribution in [3.8, 4) is 17.6 Å². The average molecular weight is 342 g/mol. The summed E-state index contributed by atoms with van der Waals surface area (Å²) in [6.45, 7) is 1.95. The lowest BCUT2D eigenvalue weighted by Gasteiger charge is -2.05. The van der Waals surface area contributed by atoms with E-state index in [2.05, 4.69) is 22.5 Å². The Balaban J connectivity index is 1.68. The summed E-state index contributed by atoms with van der Waals surface area (Å²) in [6.07, 6.45) is 0.381. The molecule has 0 aliphatic rings. The summed E-state index contributed by atoms with van der Waals surface area (Å²) in [4.78, 5) is 23.7. The quantitative estimate of drug-likeness (QED) is 0.793. The van der Waals surface area contributed by atoms with E-state index in [-0.39, 0.29) is 18.4 Å². The molecule has 1 heterocycles. The fourth-order valence-electron chi connectivity index (χ4n) is 1.88. The molecule has 0 bridgehead atoms. The van der Waals surface area contributed by atoms with Crippen LogP contribution in [0.3, 0.4) is 0 Å². The minimum Gasteiger partial charge on any atom is -0.481 e. The van der Waals surface area contributed by atoms with Crippen molar-refractivity contribution in [3.63, 3.8) is 0 Å². The number of ether oxygens (including phenoxy) is 1. The summed E-state index contributed by atoms with van der Waals surface area (Å²) in [5, 5.41) is 7.37. The molecule has 0 unspecified atom stereocenters. The first-order valence-electron chi connectivity index (χ1n) is 7.39. The number of rotatable bonds is 6. The zero-order chi connectivity index (χ0) is 17.2. The number of anilines is 1. The van der Waals surface area contributed by atoms with E-state index in [0.29, 0.717) is 24.4 Å². The molecular formula is C18H18N2O3S. The van der Waals surface area contributed by atoms with Crippen LogP contribution >= 0.6 is 11.3 Å². The molecule has 2 amide bonds. The number of benzene rings is 1. The summed E-state index contributed by atoms with van der Waals surface area (Å²) in [6, 6.07) is 10.9. The van der Waals surface area contributed by atoms with Crippen molar-refractivity contribution in [1.29, 1.82) is 0 Å². The Morgan fingerprint density at radius 3 is 2.83 bits per heavy atom. The maximum Gasteiger partial charge on any atom is 0.226 e. The first-order valence-corrected chi connectivity index (χ1v) is 8.27. The van der Waals surface area contributed by atoms with Crippen LogP contribution in [-0.2, 0) is 16.0 Å². The van der Waals surface area contributed by atoms with Crippen LogP contribution < -0.4 is 15.4 Å². The highest BCUT2D eigenvalue weighted by Gasteiger charge is 2.02. The predicted molar refractivity (Wildman–Crippen MR) is 95.0 cm³/mol. The van der Waals surface area contributed by atoms with Crippen LogP contribution in [-0.4, -0.2) is 25.0 Å². The van der Waals surface area contributed by atoms with Crippen molar-refractivity contribution in [2.24, 2.45) is 0 Å². The third kappa shape index (κ3) is 6.55. The SMILES string of the molecule is CC(=O)Nc1cccc(OCC#CCNC(=O)Cc2cccs2)c1. The van der Waals surface area contributed by atoms with Gasteiger partial charge in [0.05, 0.1) is 13.0 Å². The van der Waals surface area contributed by atoms with Gasteiger partial charge < -0.3 is 15.4 Å². The summed E-state index contributed by atoms with van der Waals surface area (Å²) in [5.74, 6) is 6.12. The number of nitrogens with one attached hydrogen (secondary N) is 2. The third-order valence-corrected chi connectivity index (χ3v) is 3.76. The highest BCUT2D eigenvalue weighted by molar-refractivity contribution is 7.10. The van der Waals surface area contributed by atoms with Crippen molar-refractivity contribution in [2.75, 3.05) is 18.5 Å². The van der Waals surface area contributed by atoms with E-state index >= 15 is 0 Å². The largest absolute Gasteiger partial charge is 0.481 e. The Morgan fingerprint density at radius 1 is 1.21 bits per heavy atom. The molecule has 124 valence electrons. The highest BCUT2D eigenvalue weighted by atomic mass is 32.1. The second-order valence-electron chi connectivity index (χ2n) is 4.88. The Bertz CT molecular complexity index is 745. The molecule has 1 aromatic heterocycles. The third-order valence-electron chi connectivity index (χ3n) is 2.88. The van der Waals surface area contributed by atoms with Gasteiger partial charge in [0.25, 0.3) is 0 Å². The molecule has 2 N–H and O–H groups in total. The standard InChI is InChI=1S/C18H18N2O3S/c1-14(21)20-15-6-4-7-16(12-15)23-10-3-2-9-19-18(22)13-17-8-5-11-24-17/h4-8,11-12H,9-10,13H2,1H3,(H,19,22)(H,20,21). The van der Waals surface area contributed by atoms with Crippen molar-refractivity contribution in [3.05, 3.63) is 46.7 Å². The van der Waals surface area contributed by atoms with Crippen LogP contribution in [0.15, 0.2) is 41.8 Å². The van der Waals surface area contributed by atoms with Crippen LogP contribution in [0.2, 0.25) is 0 Å². The maximum absolute atomic E-state index is 11.7. The second kappa shape index (κ2) is 9.38. The average Bonchev–Trinajstić information content (AvgIpc) is 3.03. The molecule has 6 heteroatoms. The van der Waals surface area contributed by atoms with E-state index in [0.717, 1.165) is 4.88 Å². The molecule has 0 aliphatic heterocycles. The molecule has 0 atom stereocenters. The Kier molecular flexibility index (Phi) is 6.87. The van der Waals surface area contributed by atoms with E-state index in [9.17, 15) is 9.59 Å². The number of hydrogen-bond donors (Lipinski definition) is 2. The van der Waals surface area contributed by atoms with E-state index in [1.807, 2.05) is 17.5 Å². The number of hydrogen-bond acceptors (Lipinski definition) is 4. The van der Waals surface area contributed by atoms with Gasteiger partial charge in [0.1, 0.15) is 12.4 Å². The van der Waals surface area contributed by atoms with Gasteiger partial charge in [-0.3, -0.25) is 9.59 Å². The molecule has 0 fully saturated rings. The van der Waals surface area contributed by atoms with Gasteiger partial charge in [-0.2, -0.15) is 0 Å². The zero-order valence-electron chi connectivity index (χ0n) is 13.3. The van der Waals surface area contributed by atoms with Gasteiger partial charge in [-0.15, -0.1) is 11.3 Å². The van der Waals surface area contributed by atoms with Crippen molar-refractivity contribution in [2.45, 2.75) is 13.3 Å². The number of thiophene rings is 1. The fraction of sp³-hybridized carbons (Fsp3) is 0.222. The Labute approximate surface area is 145 Å². The minimum absolute atomic E-state index is 0.0457. The zero-order valence-corrected chi connectivity index (χ0v) is 14.1. The number of carbonyl (C=O) groups is 2. The summed E-state index contributed by atoms with van der Waals surface area (Å²) < 4.78 is 5.48. The monoisotopic (exact) mass is 342 g/mol. The molecule has 5 nitrogen and oxygen atoms in total. The molecule has 2 rings (SSSR count). The van der Waals surface area contributed by atoms with Gasteiger partial charge in [0.15, 0.2) is 0 Å². The molecule has 0 aliphatic carbocycles. The van der Waals surface area contributed by atoms with Crippen LogP contribution in [0.4, 0.5) is 5.69 Å². The van der Waals surface area contributed by atoms with Gasteiger partial charge in [-0.05, 0) is 23.6 Å². The molecule has 0 spiro atoms. The van der Waals surface area contributed by atoms with Crippen LogP contribution in [0.25, 0.3) is 0 Å². The van der Waals surface area contributed by atoms with Gasteiger partial charge in [-0.1, -0.05) is 24.0 Å².